The molecule has 1 aromatic rings. The van der Waals surface area contributed by atoms with Crippen LogP contribution in [0.4, 0.5) is 0 Å². The average molecular weight is 333 g/mol. The molecule has 1 heterocycles. The van der Waals surface area contributed by atoms with E-state index in [-0.39, 0.29) is 5.54 Å². The van der Waals surface area contributed by atoms with Crippen molar-refractivity contribution in [3.05, 3.63) is 16.3 Å². The molecule has 0 saturated heterocycles. The second kappa shape index (κ2) is 7.72. The summed E-state index contributed by atoms with van der Waals surface area (Å²) in [5.74, 6) is 0. The topological polar surface area (TPSA) is 58.2 Å². The van der Waals surface area contributed by atoms with Gasteiger partial charge in [0, 0.05) is 23.0 Å². The van der Waals surface area contributed by atoms with Crippen molar-refractivity contribution in [2.75, 3.05) is 0 Å². The highest BCUT2D eigenvalue weighted by atomic mass is 32.2. The highest BCUT2D eigenvalue weighted by molar-refractivity contribution is 7.89. The van der Waals surface area contributed by atoms with Crippen molar-refractivity contribution in [3.8, 4) is 0 Å². The second-order valence-corrected chi connectivity index (χ2v) is 8.34. The molecule has 0 saturated carbocycles. The van der Waals surface area contributed by atoms with Gasteiger partial charge in [0.15, 0.2) is 0 Å². The minimum atomic E-state index is -3.47. The Labute approximate surface area is 133 Å². The molecule has 0 aliphatic heterocycles. The number of thiophene rings is 1. The van der Waals surface area contributed by atoms with Crippen molar-refractivity contribution in [2.24, 2.45) is 0 Å². The molecule has 21 heavy (non-hydrogen) atoms. The lowest BCUT2D eigenvalue weighted by molar-refractivity contribution is 0.341. The van der Waals surface area contributed by atoms with Crippen molar-refractivity contribution in [2.45, 2.75) is 76.9 Å². The van der Waals surface area contributed by atoms with Crippen molar-refractivity contribution in [1.29, 1.82) is 0 Å². The predicted molar refractivity (Wildman–Crippen MR) is 90.2 cm³/mol. The standard InChI is InChI=1S/C15H28N2O2S2/c1-6-15(7-2,8-3)17-21(18,19)14-9-10-20-13(14)11-16-12(4)5/h9-10,12,16-17H,6-8,11H2,1-5H3. The zero-order valence-corrected chi connectivity index (χ0v) is 15.3. The summed E-state index contributed by atoms with van der Waals surface area (Å²) in [5.41, 5.74) is -0.344. The van der Waals surface area contributed by atoms with Gasteiger partial charge in [0.05, 0.1) is 4.90 Å². The number of hydrogen-bond acceptors (Lipinski definition) is 4. The molecule has 122 valence electrons. The number of rotatable bonds is 9. The second-order valence-electron chi connectivity index (χ2n) is 5.69. The molecule has 0 amide bonds. The fourth-order valence-electron chi connectivity index (χ4n) is 2.30. The number of hydrogen-bond donors (Lipinski definition) is 2. The molecule has 6 heteroatoms. The molecule has 0 aromatic carbocycles. The Bertz CT molecular complexity index is 523. The van der Waals surface area contributed by atoms with Crippen molar-refractivity contribution >= 4 is 21.4 Å². The maximum atomic E-state index is 12.7. The van der Waals surface area contributed by atoms with Crippen LogP contribution >= 0.6 is 11.3 Å². The molecule has 2 N–H and O–H groups in total. The molecule has 0 atom stereocenters. The van der Waals surface area contributed by atoms with Crippen molar-refractivity contribution in [1.82, 2.24) is 10.0 Å². The first-order valence-corrected chi connectivity index (χ1v) is 10.00. The smallest absolute Gasteiger partial charge is 0.242 e. The van der Waals surface area contributed by atoms with Crippen LogP contribution in [0.15, 0.2) is 16.3 Å². The third kappa shape index (κ3) is 4.77. The van der Waals surface area contributed by atoms with Gasteiger partial charge in [0.2, 0.25) is 10.0 Å². The van der Waals surface area contributed by atoms with Crippen molar-refractivity contribution in [3.63, 3.8) is 0 Å². The third-order valence-electron chi connectivity index (χ3n) is 4.05. The minimum Gasteiger partial charge on any atom is -0.310 e. The summed E-state index contributed by atoms with van der Waals surface area (Å²) in [6.07, 6.45) is 2.38. The number of nitrogens with one attached hydrogen (secondary N) is 2. The van der Waals surface area contributed by atoms with E-state index in [1.165, 1.54) is 11.3 Å². The zero-order chi connectivity index (χ0) is 16.1. The van der Waals surface area contributed by atoms with Gasteiger partial charge in [-0.05, 0) is 30.7 Å². The van der Waals surface area contributed by atoms with E-state index in [1.54, 1.807) is 6.07 Å². The van der Waals surface area contributed by atoms with Crippen LogP contribution in [-0.2, 0) is 16.6 Å². The Kier molecular flexibility index (Phi) is 6.84. The summed E-state index contributed by atoms with van der Waals surface area (Å²) in [5, 5.41) is 5.13. The first-order chi connectivity index (χ1) is 9.80. The molecular formula is C15H28N2O2S2. The normalized spacial score (nSPS) is 13.0. The van der Waals surface area contributed by atoms with E-state index in [0.29, 0.717) is 17.5 Å². The Balaban J connectivity index is 3.01. The zero-order valence-electron chi connectivity index (χ0n) is 13.7. The highest BCUT2D eigenvalue weighted by Crippen LogP contribution is 2.27. The van der Waals surface area contributed by atoms with Gasteiger partial charge in [-0.15, -0.1) is 11.3 Å². The van der Waals surface area contributed by atoms with E-state index in [2.05, 4.69) is 23.9 Å². The molecule has 0 spiro atoms. The van der Waals surface area contributed by atoms with Gasteiger partial charge in [-0.3, -0.25) is 0 Å². The summed E-state index contributed by atoms with van der Waals surface area (Å²) in [6, 6.07) is 2.03. The van der Waals surface area contributed by atoms with Gasteiger partial charge in [0.25, 0.3) is 0 Å². The van der Waals surface area contributed by atoms with Crippen LogP contribution in [0.1, 0.15) is 58.8 Å². The Morgan fingerprint density at radius 1 is 1.19 bits per heavy atom. The van der Waals surface area contributed by atoms with Crippen LogP contribution in [0.2, 0.25) is 0 Å². The largest absolute Gasteiger partial charge is 0.310 e. The predicted octanol–water partition coefficient (Wildman–Crippen LogP) is 3.49. The van der Waals surface area contributed by atoms with E-state index < -0.39 is 10.0 Å². The van der Waals surface area contributed by atoms with E-state index in [9.17, 15) is 8.42 Å². The third-order valence-corrected chi connectivity index (χ3v) is 6.76. The van der Waals surface area contributed by atoms with Crippen LogP contribution in [-0.4, -0.2) is 20.0 Å². The van der Waals surface area contributed by atoms with Crippen molar-refractivity contribution < 1.29 is 8.42 Å². The summed E-state index contributed by atoms with van der Waals surface area (Å²) < 4.78 is 28.4. The Hall–Kier alpha value is -0.430. The lowest BCUT2D eigenvalue weighted by Crippen LogP contribution is -2.47. The molecule has 0 fully saturated rings. The monoisotopic (exact) mass is 332 g/mol. The molecule has 0 unspecified atom stereocenters. The lowest BCUT2D eigenvalue weighted by atomic mass is 9.91. The van der Waals surface area contributed by atoms with Crippen LogP contribution in [0.3, 0.4) is 0 Å². The maximum Gasteiger partial charge on any atom is 0.242 e. The minimum absolute atomic E-state index is 0.330. The van der Waals surface area contributed by atoms with E-state index in [1.807, 2.05) is 26.2 Å². The van der Waals surface area contributed by atoms with Crippen LogP contribution in [0.25, 0.3) is 0 Å². The fraction of sp³-hybridized carbons (Fsp3) is 0.733. The first kappa shape index (κ1) is 18.6. The van der Waals surface area contributed by atoms with Gasteiger partial charge in [-0.25, -0.2) is 13.1 Å². The maximum absolute atomic E-state index is 12.7. The van der Waals surface area contributed by atoms with Crippen LogP contribution in [0.5, 0.6) is 0 Å². The summed E-state index contributed by atoms with van der Waals surface area (Å²) in [7, 11) is -3.47. The van der Waals surface area contributed by atoms with Gasteiger partial charge in [-0.1, -0.05) is 34.6 Å². The van der Waals surface area contributed by atoms with E-state index >= 15 is 0 Å². The summed E-state index contributed by atoms with van der Waals surface area (Å²) in [4.78, 5) is 1.29. The molecule has 1 rings (SSSR count). The van der Waals surface area contributed by atoms with E-state index in [4.69, 9.17) is 0 Å². The Morgan fingerprint density at radius 2 is 1.76 bits per heavy atom. The average Bonchev–Trinajstić information content (AvgIpc) is 2.92. The molecule has 1 aromatic heterocycles. The van der Waals surface area contributed by atoms with Gasteiger partial charge >= 0.3 is 0 Å². The van der Waals surface area contributed by atoms with Gasteiger partial charge in [-0.2, -0.15) is 0 Å². The van der Waals surface area contributed by atoms with E-state index in [0.717, 1.165) is 24.1 Å². The van der Waals surface area contributed by atoms with Gasteiger partial charge < -0.3 is 5.32 Å². The first-order valence-electron chi connectivity index (χ1n) is 7.64. The molecular weight excluding hydrogens is 304 g/mol. The quantitative estimate of drug-likeness (QED) is 0.728. The summed E-state index contributed by atoms with van der Waals surface area (Å²) in [6.45, 7) is 10.8. The highest BCUT2D eigenvalue weighted by Gasteiger charge is 2.31. The molecule has 0 bridgehead atoms. The Morgan fingerprint density at radius 3 is 2.24 bits per heavy atom. The summed E-state index contributed by atoms with van der Waals surface area (Å²) >= 11 is 1.49. The molecule has 0 aliphatic rings. The van der Waals surface area contributed by atoms with Gasteiger partial charge in [0.1, 0.15) is 0 Å². The molecule has 0 radical (unpaired) electrons. The molecule has 4 nitrogen and oxygen atoms in total. The van der Waals surface area contributed by atoms with Crippen LogP contribution in [0, 0.1) is 0 Å². The number of sulfonamides is 1. The SMILES string of the molecule is CCC(CC)(CC)NS(=O)(=O)c1ccsc1CNC(C)C. The molecule has 0 aliphatic carbocycles. The fourth-order valence-corrected chi connectivity index (χ4v) is 5.31. The lowest BCUT2D eigenvalue weighted by Gasteiger charge is -2.31. The van der Waals surface area contributed by atoms with Crippen LogP contribution < -0.4 is 10.0 Å².